The maximum Gasteiger partial charge on any atom is 0.238 e. The van der Waals surface area contributed by atoms with Crippen molar-refractivity contribution in [1.82, 2.24) is 9.80 Å². The van der Waals surface area contributed by atoms with Crippen LogP contribution < -0.4 is 5.32 Å². The van der Waals surface area contributed by atoms with Gasteiger partial charge in [-0.05, 0) is 29.3 Å². The minimum Gasteiger partial charge on any atom is -0.324 e. The number of nitrogens with one attached hydrogen (secondary N) is 1. The highest BCUT2D eigenvalue weighted by atomic mass is 35.5. The van der Waals surface area contributed by atoms with Gasteiger partial charge in [0.25, 0.3) is 0 Å². The van der Waals surface area contributed by atoms with Crippen LogP contribution in [0.4, 0.5) is 5.69 Å². The molecule has 0 atom stereocenters. The monoisotopic (exact) mass is 453 g/mol. The normalized spacial score (nSPS) is 15.2. The van der Waals surface area contributed by atoms with Gasteiger partial charge in [-0.3, -0.25) is 14.6 Å². The van der Waals surface area contributed by atoms with Crippen LogP contribution in [0.5, 0.6) is 0 Å². The molecule has 0 unspecified atom stereocenters. The molecule has 3 aromatic rings. The molecule has 1 aliphatic heterocycles. The van der Waals surface area contributed by atoms with Gasteiger partial charge in [-0.15, -0.1) is 0 Å². The van der Waals surface area contributed by atoms with E-state index >= 15 is 0 Å². The van der Waals surface area contributed by atoms with Gasteiger partial charge in [-0.2, -0.15) is 0 Å². The first kappa shape index (κ1) is 21.8. The zero-order chi connectivity index (χ0) is 21.6. The Hall–Kier alpha value is -2.37. The number of rotatable bonds is 6. The lowest BCUT2D eigenvalue weighted by atomic mass is 9.96. The molecule has 4 rings (SSSR count). The molecule has 0 saturated carbocycles. The molecule has 160 valence electrons. The van der Waals surface area contributed by atoms with Gasteiger partial charge in [-0.25, -0.2) is 0 Å². The summed E-state index contributed by atoms with van der Waals surface area (Å²) in [4.78, 5) is 17.2. The molecule has 1 N–H and O–H groups in total. The maximum absolute atomic E-state index is 12.5. The van der Waals surface area contributed by atoms with E-state index in [1.54, 1.807) is 18.2 Å². The average molecular weight is 454 g/mol. The SMILES string of the molecule is O=C(CN1CCN(C(c2ccccc2)c2ccccc2)CC1)Nc1ccc(Cl)cc1Cl. The van der Waals surface area contributed by atoms with E-state index < -0.39 is 0 Å². The van der Waals surface area contributed by atoms with Gasteiger partial charge < -0.3 is 5.32 Å². The largest absolute Gasteiger partial charge is 0.324 e. The number of benzene rings is 3. The van der Waals surface area contributed by atoms with Gasteiger partial charge in [0.05, 0.1) is 23.3 Å². The molecule has 0 spiro atoms. The van der Waals surface area contributed by atoms with Gasteiger partial charge in [0.15, 0.2) is 0 Å². The predicted molar refractivity (Wildman–Crippen MR) is 128 cm³/mol. The van der Waals surface area contributed by atoms with Crippen molar-refractivity contribution in [2.24, 2.45) is 0 Å². The Morgan fingerprint density at radius 1 is 0.839 bits per heavy atom. The molecular weight excluding hydrogens is 429 g/mol. The van der Waals surface area contributed by atoms with Gasteiger partial charge in [0.2, 0.25) is 5.91 Å². The number of hydrogen-bond donors (Lipinski definition) is 1. The summed E-state index contributed by atoms with van der Waals surface area (Å²) >= 11 is 12.1. The van der Waals surface area contributed by atoms with Crippen LogP contribution >= 0.6 is 23.2 Å². The van der Waals surface area contributed by atoms with Crippen molar-refractivity contribution in [2.75, 3.05) is 38.0 Å². The molecular formula is C25H25Cl2N3O. The van der Waals surface area contributed by atoms with Crippen LogP contribution in [0.25, 0.3) is 0 Å². The Labute approximate surface area is 193 Å². The molecule has 0 radical (unpaired) electrons. The second kappa shape index (κ2) is 10.3. The molecule has 1 heterocycles. The first-order chi connectivity index (χ1) is 15.1. The zero-order valence-corrected chi connectivity index (χ0v) is 18.7. The highest BCUT2D eigenvalue weighted by Gasteiger charge is 2.27. The summed E-state index contributed by atoms with van der Waals surface area (Å²) in [6, 6.07) is 26.5. The number of hydrogen-bond acceptors (Lipinski definition) is 3. The fourth-order valence-corrected chi connectivity index (χ4v) is 4.50. The van der Waals surface area contributed by atoms with Gasteiger partial charge in [0.1, 0.15) is 0 Å². The van der Waals surface area contributed by atoms with Gasteiger partial charge in [-0.1, -0.05) is 83.9 Å². The van der Waals surface area contributed by atoms with E-state index in [-0.39, 0.29) is 11.9 Å². The van der Waals surface area contributed by atoms with Crippen molar-refractivity contribution in [2.45, 2.75) is 6.04 Å². The number of halogens is 2. The van der Waals surface area contributed by atoms with E-state index in [0.717, 1.165) is 26.2 Å². The summed E-state index contributed by atoms with van der Waals surface area (Å²) in [7, 11) is 0. The van der Waals surface area contributed by atoms with Crippen LogP contribution in [0.15, 0.2) is 78.9 Å². The molecule has 3 aromatic carbocycles. The Morgan fingerprint density at radius 2 is 1.42 bits per heavy atom. The van der Waals surface area contributed by atoms with Gasteiger partial charge >= 0.3 is 0 Å². The Kier molecular flexibility index (Phi) is 7.25. The van der Waals surface area contributed by atoms with Crippen LogP contribution in [0.1, 0.15) is 17.2 Å². The molecule has 0 aromatic heterocycles. The van der Waals surface area contributed by atoms with Crippen LogP contribution in [-0.4, -0.2) is 48.4 Å². The van der Waals surface area contributed by atoms with Crippen LogP contribution in [0.2, 0.25) is 10.0 Å². The standard InChI is InChI=1S/C25H25Cl2N3O/c26-21-11-12-23(22(27)17-21)28-24(31)18-29-13-15-30(16-14-29)25(19-7-3-1-4-8-19)20-9-5-2-6-10-20/h1-12,17,25H,13-16,18H2,(H,28,31). The first-order valence-electron chi connectivity index (χ1n) is 10.4. The molecule has 1 aliphatic rings. The third-order valence-corrected chi connectivity index (χ3v) is 6.12. The quantitative estimate of drug-likeness (QED) is 0.546. The second-order valence-electron chi connectivity index (χ2n) is 7.71. The zero-order valence-electron chi connectivity index (χ0n) is 17.2. The van der Waals surface area contributed by atoms with Crippen LogP contribution in [0.3, 0.4) is 0 Å². The van der Waals surface area contributed by atoms with Crippen molar-refractivity contribution in [3.8, 4) is 0 Å². The Bertz CT molecular complexity index is 966. The predicted octanol–water partition coefficient (Wildman–Crippen LogP) is 5.34. The number of carbonyl (C=O) groups is 1. The van der Waals surface area contributed by atoms with E-state index in [1.165, 1.54) is 11.1 Å². The summed E-state index contributed by atoms with van der Waals surface area (Å²) in [5.41, 5.74) is 3.16. The van der Waals surface area contributed by atoms with Crippen molar-refractivity contribution in [1.29, 1.82) is 0 Å². The number of nitrogens with zero attached hydrogens (tertiary/aromatic N) is 2. The summed E-state index contributed by atoms with van der Waals surface area (Å²) in [5, 5.41) is 3.88. The molecule has 1 fully saturated rings. The van der Waals surface area contributed by atoms with Crippen LogP contribution in [0, 0.1) is 0 Å². The van der Waals surface area contributed by atoms with E-state index in [9.17, 15) is 4.79 Å². The van der Waals surface area contributed by atoms with E-state index in [4.69, 9.17) is 23.2 Å². The molecule has 6 heteroatoms. The number of carbonyl (C=O) groups excluding carboxylic acids is 1. The Morgan fingerprint density at radius 3 is 1.97 bits per heavy atom. The molecule has 0 aliphatic carbocycles. The smallest absolute Gasteiger partial charge is 0.238 e. The molecule has 1 amide bonds. The number of piperazine rings is 1. The van der Waals surface area contributed by atoms with Gasteiger partial charge in [0, 0.05) is 31.2 Å². The molecule has 1 saturated heterocycles. The number of anilines is 1. The summed E-state index contributed by atoms with van der Waals surface area (Å²) < 4.78 is 0. The van der Waals surface area contributed by atoms with E-state index in [0.29, 0.717) is 22.3 Å². The first-order valence-corrected chi connectivity index (χ1v) is 11.2. The second-order valence-corrected chi connectivity index (χ2v) is 8.55. The van der Waals surface area contributed by atoms with Crippen molar-refractivity contribution >= 4 is 34.8 Å². The van der Waals surface area contributed by atoms with E-state index in [2.05, 4.69) is 75.8 Å². The van der Waals surface area contributed by atoms with Crippen LogP contribution in [-0.2, 0) is 4.79 Å². The lowest BCUT2D eigenvalue weighted by molar-refractivity contribution is -0.117. The van der Waals surface area contributed by atoms with Crippen molar-refractivity contribution < 1.29 is 4.79 Å². The fraction of sp³-hybridized carbons (Fsp3) is 0.240. The number of amides is 1. The topological polar surface area (TPSA) is 35.6 Å². The summed E-state index contributed by atoms with van der Waals surface area (Å²) in [5.74, 6) is -0.0691. The molecule has 0 bridgehead atoms. The summed E-state index contributed by atoms with van der Waals surface area (Å²) in [6.45, 7) is 3.79. The molecule has 4 nitrogen and oxygen atoms in total. The minimum absolute atomic E-state index is 0.0691. The lowest BCUT2D eigenvalue weighted by Gasteiger charge is -2.39. The third kappa shape index (κ3) is 5.66. The van der Waals surface area contributed by atoms with Crippen molar-refractivity contribution in [3.05, 3.63) is 100 Å². The minimum atomic E-state index is -0.0691. The van der Waals surface area contributed by atoms with Crippen molar-refractivity contribution in [3.63, 3.8) is 0 Å². The third-order valence-electron chi connectivity index (χ3n) is 5.58. The Balaban J connectivity index is 1.38. The highest BCUT2D eigenvalue weighted by Crippen LogP contribution is 2.29. The maximum atomic E-state index is 12.5. The summed E-state index contributed by atoms with van der Waals surface area (Å²) in [6.07, 6.45) is 0. The average Bonchev–Trinajstić information content (AvgIpc) is 2.79. The van der Waals surface area contributed by atoms with E-state index in [1.807, 2.05) is 0 Å². The lowest BCUT2D eigenvalue weighted by Crippen LogP contribution is -2.49. The molecule has 31 heavy (non-hydrogen) atoms. The fourth-order valence-electron chi connectivity index (χ4n) is 4.05. The highest BCUT2D eigenvalue weighted by molar-refractivity contribution is 6.36.